The van der Waals surface area contributed by atoms with E-state index < -0.39 is 0 Å². The van der Waals surface area contributed by atoms with E-state index in [9.17, 15) is 0 Å². The highest BCUT2D eigenvalue weighted by molar-refractivity contribution is 7.98. The predicted octanol–water partition coefficient (Wildman–Crippen LogP) is 1.09. The minimum Gasteiger partial charge on any atom is -0.508 e. The van der Waals surface area contributed by atoms with E-state index in [0.29, 0.717) is 0 Å². The lowest BCUT2D eigenvalue weighted by Gasteiger charge is -2.01. The van der Waals surface area contributed by atoms with Crippen molar-refractivity contribution in [1.82, 2.24) is 20.2 Å². The topological polar surface area (TPSA) is 63.8 Å². The number of benzene rings is 1. The second kappa shape index (κ2) is 3.67. The van der Waals surface area contributed by atoms with Crippen LogP contribution in [0.2, 0.25) is 0 Å². The molecule has 0 spiro atoms. The van der Waals surface area contributed by atoms with Crippen LogP contribution in [0.3, 0.4) is 0 Å². The molecule has 2 aromatic rings. The number of phenols is 1. The van der Waals surface area contributed by atoms with E-state index in [0.717, 1.165) is 10.8 Å². The molecule has 1 N–H and O–H groups in total. The number of rotatable bonds is 2. The molecular formula is C8H8N4OS. The fourth-order valence-electron chi connectivity index (χ4n) is 1.06. The third-order valence-corrected chi connectivity index (χ3v) is 2.34. The zero-order chi connectivity index (χ0) is 9.97. The SMILES string of the molecule is CSc1nnnn1-c1ccc(O)cc1. The van der Waals surface area contributed by atoms with E-state index in [-0.39, 0.29) is 5.75 Å². The molecule has 1 aromatic heterocycles. The first kappa shape index (κ1) is 9.01. The number of aromatic hydroxyl groups is 1. The zero-order valence-corrected chi connectivity index (χ0v) is 8.27. The standard InChI is InChI=1S/C8H8N4OS/c1-14-8-9-10-11-12(8)6-2-4-7(13)5-3-6/h2-5,13H,1H3. The van der Waals surface area contributed by atoms with Crippen LogP contribution in [0.25, 0.3) is 5.69 Å². The summed E-state index contributed by atoms with van der Waals surface area (Å²) in [5.74, 6) is 0.229. The van der Waals surface area contributed by atoms with Crippen molar-refractivity contribution in [3.05, 3.63) is 24.3 Å². The van der Waals surface area contributed by atoms with Crippen LogP contribution in [-0.2, 0) is 0 Å². The van der Waals surface area contributed by atoms with E-state index in [1.54, 1.807) is 28.9 Å². The van der Waals surface area contributed by atoms with Crippen LogP contribution in [-0.4, -0.2) is 31.6 Å². The molecule has 0 aliphatic carbocycles. The number of aromatic nitrogens is 4. The number of nitrogens with zero attached hydrogens (tertiary/aromatic N) is 4. The normalized spacial score (nSPS) is 10.4. The van der Waals surface area contributed by atoms with Gasteiger partial charge in [0.05, 0.1) is 5.69 Å². The molecule has 5 nitrogen and oxygen atoms in total. The molecule has 0 atom stereocenters. The van der Waals surface area contributed by atoms with Gasteiger partial charge < -0.3 is 5.11 Å². The Hall–Kier alpha value is -1.56. The van der Waals surface area contributed by atoms with E-state index in [2.05, 4.69) is 15.5 Å². The van der Waals surface area contributed by atoms with Crippen LogP contribution in [0.5, 0.6) is 5.75 Å². The first-order valence-electron chi connectivity index (χ1n) is 3.93. The Kier molecular flexibility index (Phi) is 2.36. The molecule has 14 heavy (non-hydrogen) atoms. The maximum Gasteiger partial charge on any atom is 0.213 e. The third kappa shape index (κ3) is 1.56. The fraction of sp³-hybridized carbons (Fsp3) is 0.125. The summed E-state index contributed by atoms with van der Waals surface area (Å²) in [4.78, 5) is 0. The Morgan fingerprint density at radius 1 is 1.29 bits per heavy atom. The maximum atomic E-state index is 9.11. The Balaban J connectivity index is 2.44. The van der Waals surface area contributed by atoms with Gasteiger partial charge in [-0.05, 0) is 40.9 Å². The average Bonchev–Trinajstić information content (AvgIpc) is 2.67. The van der Waals surface area contributed by atoms with E-state index in [1.807, 2.05) is 6.26 Å². The Labute approximate surface area is 84.8 Å². The fourth-order valence-corrected chi connectivity index (χ4v) is 1.50. The highest BCUT2D eigenvalue weighted by Crippen LogP contribution is 2.17. The van der Waals surface area contributed by atoms with E-state index >= 15 is 0 Å². The highest BCUT2D eigenvalue weighted by Gasteiger charge is 2.05. The average molecular weight is 208 g/mol. The molecule has 0 aliphatic heterocycles. The number of hydrogen-bond donors (Lipinski definition) is 1. The predicted molar refractivity (Wildman–Crippen MR) is 52.6 cm³/mol. The van der Waals surface area contributed by atoms with Gasteiger partial charge >= 0.3 is 0 Å². The summed E-state index contributed by atoms with van der Waals surface area (Å²) < 4.78 is 1.62. The molecule has 1 heterocycles. The quantitative estimate of drug-likeness (QED) is 0.748. The van der Waals surface area contributed by atoms with Crippen LogP contribution >= 0.6 is 11.8 Å². The monoisotopic (exact) mass is 208 g/mol. The van der Waals surface area contributed by atoms with Gasteiger partial charge in [-0.2, -0.15) is 4.68 Å². The molecule has 0 amide bonds. The largest absolute Gasteiger partial charge is 0.508 e. The molecule has 0 fully saturated rings. The van der Waals surface area contributed by atoms with Gasteiger partial charge in [0.1, 0.15) is 5.75 Å². The summed E-state index contributed by atoms with van der Waals surface area (Å²) in [5, 5.41) is 21.1. The van der Waals surface area contributed by atoms with E-state index in [1.165, 1.54) is 11.8 Å². The Morgan fingerprint density at radius 2 is 2.00 bits per heavy atom. The lowest BCUT2D eigenvalue weighted by atomic mass is 10.3. The molecule has 0 aliphatic rings. The van der Waals surface area contributed by atoms with Crippen LogP contribution in [0.15, 0.2) is 29.4 Å². The van der Waals surface area contributed by atoms with E-state index in [4.69, 9.17) is 5.11 Å². The van der Waals surface area contributed by atoms with Crippen molar-refractivity contribution < 1.29 is 5.11 Å². The summed E-state index contributed by atoms with van der Waals surface area (Å²) in [6.07, 6.45) is 1.91. The lowest BCUT2D eigenvalue weighted by molar-refractivity contribution is 0.475. The molecule has 72 valence electrons. The summed E-state index contributed by atoms with van der Waals surface area (Å²) in [7, 11) is 0. The van der Waals surface area contributed by atoms with Gasteiger partial charge in [0.15, 0.2) is 0 Å². The lowest BCUT2D eigenvalue weighted by Crippen LogP contribution is -1.97. The molecule has 0 saturated heterocycles. The first-order chi connectivity index (χ1) is 6.81. The van der Waals surface area contributed by atoms with Crippen LogP contribution < -0.4 is 0 Å². The summed E-state index contributed by atoms with van der Waals surface area (Å²) >= 11 is 1.47. The van der Waals surface area contributed by atoms with Crippen molar-refractivity contribution in [3.8, 4) is 11.4 Å². The van der Waals surface area contributed by atoms with Gasteiger partial charge in [-0.15, -0.1) is 5.10 Å². The first-order valence-corrected chi connectivity index (χ1v) is 5.15. The third-order valence-electron chi connectivity index (χ3n) is 1.72. The molecular weight excluding hydrogens is 200 g/mol. The van der Waals surface area contributed by atoms with Crippen molar-refractivity contribution in [3.63, 3.8) is 0 Å². The second-order valence-corrected chi connectivity index (χ2v) is 3.37. The molecule has 6 heteroatoms. The van der Waals surface area contributed by atoms with Gasteiger partial charge in [0.2, 0.25) is 5.16 Å². The number of thioether (sulfide) groups is 1. The highest BCUT2D eigenvalue weighted by atomic mass is 32.2. The van der Waals surface area contributed by atoms with Crippen molar-refractivity contribution in [2.45, 2.75) is 5.16 Å². The van der Waals surface area contributed by atoms with Crippen molar-refractivity contribution in [1.29, 1.82) is 0 Å². The van der Waals surface area contributed by atoms with Gasteiger partial charge in [0.25, 0.3) is 0 Å². The van der Waals surface area contributed by atoms with Crippen molar-refractivity contribution >= 4 is 11.8 Å². The van der Waals surface area contributed by atoms with Crippen LogP contribution in [0, 0.1) is 0 Å². The maximum absolute atomic E-state index is 9.11. The van der Waals surface area contributed by atoms with Crippen LogP contribution in [0.1, 0.15) is 0 Å². The smallest absolute Gasteiger partial charge is 0.213 e. The van der Waals surface area contributed by atoms with Gasteiger partial charge in [-0.25, -0.2) is 0 Å². The second-order valence-electron chi connectivity index (χ2n) is 2.59. The van der Waals surface area contributed by atoms with Gasteiger partial charge in [-0.1, -0.05) is 11.8 Å². The molecule has 0 radical (unpaired) electrons. The summed E-state index contributed by atoms with van der Waals surface area (Å²) in [5.41, 5.74) is 0.831. The number of hydrogen-bond acceptors (Lipinski definition) is 5. The molecule has 2 rings (SSSR count). The number of phenolic OH excluding ortho intramolecular Hbond substituents is 1. The zero-order valence-electron chi connectivity index (χ0n) is 7.45. The minimum atomic E-state index is 0.229. The molecule has 0 unspecified atom stereocenters. The molecule has 0 saturated carbocycles. The number of tetrazole rings is 1. The van der Waals surface area contributed by atoms with Crippen LogP contribution in [0.4, 0.5) is 0 Å². The van der Waals surface area contributed by atoms with Gasteiger partial charge in [0, 0.05) is 0 Å². The van der Waals surface area contributed by atoms with Crippen molar-refractivity contribution in [2.24, 2.45) is 0 Å². The summed E-state index contributed by atoms with van der Waals surface area (Å²) in [6.45, 7) is 0. The van der Waals surface area contributed by atoms with Gasteiger partial charge in [-0.3, -0.25) is 0 Å². The molecule has 1 aromatic carbocycles. The Morgan fingerprint density at radius 3 is 2.64 bits per heavy atom. The summed E-state index contributed by atoms with van der Waals surface area (Å²) in [6, 6.07) is 6.71. The Bertz CT molecular complexity index is 425. The van der Waals surface area contributed by atoms with Crippen molar-refractivity contribution in [2.75, 3.05) is 6.26 Å². The minimum absolute atomic E-state index is 0.229. The molecule has 0 bridgehead atoms.